The highest BCUT2D eigenvalue weighted by molar-refractivity contribution is 5.99. The lowest BCUT2D eigenvalue weighted by Gasteiger charge is -2.27. The van der Waals surface area contributed by atoms with Crippen molar-refractivity contribution < 1.29 is 37.7 Å². The van der Waals surface area contributed by atoms with Crippen LogP contribution in [0.5, 0.6) is 17.2 Å². The van der Waals surface area contributed by atoms with E-state index in [0.29, 0.717) is 5.75 Å². The summed E-state index contributed by atoms with van der Waals surface area (Å²) in [5.74, 6) is -3.78. The van der Waals surface area contributed by atoms with Crippen molar-refractivity contribution in [3.05, 3.63) is 83.7 Å². The molecule has 0 aliphatic heterocycles. The van der Waals surface area contributed by atoms with Crippen LogP contribution in [0.3, 0.4) is 0 Å². The predicted molar refractivity (Wildman–Crippen MR) is 122 cm³/mol. The standard InChI is InChI=1S/C26H25F2NO6/c1-15(13-21(30)23-24(31)22(33-3)11-12-29-23)26(32)34-16(2)25(35-18-7-5-4-6-8-18)19-10-9-17(27)14-20(19)28/h4-12,14-16,25,31H,13H2,1-3H3/t15-,16+,25+/m1/s1. The fourth-order valence-corrected chi connectivity index (χ4v) is 3.41. The van der Waals surface area contributed by atoms with Crippen molar-refractivity contribution in [3.63, 3.8) is 0 Å². The fourth-order valence-electron chi connectivity index (χ4n) is 3.41. The number of nitrogens with zero attached hydrogens (tertiary/aromatic N) is 1. The second-order valence-corrected chi connectivity index (χ2v) is 7.90. The van der Waals surface area contributed by atoms with Gasteiger partial charge < -0.3 is 19.3 Å². The average molecular weight is 485 g/mol. The Kier molecular flexibility index (Phi) is 8.35. The quantitative estimate of drug-likeness (QED) is 0.318. The number of hydrogen-bond donors (Lipinski definition) is 1. The van der Waals surface area contributed by atoms with Crippen LogP contribution in [0.4, 0.5) is 8.78 Å². The minimum Gasteiger partial charge on any atom is -0.503 e. The molecular formula is C26H25F2NO6. The molecule has 1 N–H and O–H groups in total. The monoisotopic (exact) mass is 485 g/mol. The first-order chi connectivity index (χ1) is 16.7. The van der Waals surface area contributed by atoms with Crippen LogP contribution in [0.1, 0.15) is 42.4 Å². The minimum atomic E-state index is -1.09. The number of ether oxygens (including phenoxy) is 3. The number of carbonyl (C=O) groups excluding carboxylic acids is 2. The van der Waals surface area contributed by atoms with E-state index in [2.05, 4.69) is 4.98 Å². The van der Waals surface area contributed by atoms with Crippen LogP contribution in [0.2, 0.25) is 0 Å². The van der Waals surface area contributed by atoms with Gasteiger partial charge >= 0.3 is 5.97 Å². The minimum absolute atomic E-state index is 0.00443. The van der Waals surface area contributed by atoms with Crippen molar-refractivity contribution in [2.75, 3.05) is 7.11 Å². The van der Waals surface area contributed by atoms with E-state index in [0.717, 1.165) is 12.1 Å². The molecule has 0 unspecified atom stereocenters. The number of hydrogen-bond acceptors (Lipinski definition) is 7. The van der Waals surface area contributed by atoms with E-state index in [1.54, 1.807) is 30.3 Å². The maximum atomic E-state index is 14.6. The lowest BCUT2D eigenvalue weighted by atomic mass is 10.0. The van der Waals surface area contributed by atoms with E-state index in [9.17, 15) is 23.5 Å². The summed E-state index contributed by atoms with van der Waals surface area (Å²) in [5.41, 5.74) is -0.222. The van der Waals surface area contributed by atoms with Gasteiger partial charge in [0.05, 0.1) is 13.0 Å². The molecule has 7 nitrogen and oxygen atoms in total. The number of methoxy groups -OCH3 is 1. The summed E-state index contributed by atoms with van der Waals surface area (Å²) in [6.07, 6.45) is -1.08. The van der Waals surface area contributed by atoms with Gasteiger partial charge in [-0.1, -0.05) is 25.1 Å². The molecule has 9 heteroatoms. The lowest BCUT2D eigenvalue weighted by molar-refractivity contribution is -0.157. The molecule has 0 fully saturated rings. The first-order valence-electron chi connectivity index (χ1n) is 10.8. The van der Waals surface area contributed by atoms with E-state index in [-0.39, 0.29) is 23.4 Å². The number of aromatic hydroxyl groups is 1. The first kappa shape index (κ1) is 25.6. The Morgan fingerprint density at radius 1 is 1.06 bits per heavy atom. The summed E-state index contributed by atoms with van der Waals surface area (Å²) in [4.78, 5) is 29.2. The molecule has 0 bridgehead atoms. The van der Waals surface area contributed by atoms with Crippen LogP contribution in [-0.2, 0) is 9.53 Å². The molecule has 3 rings (SSSR count). The lowest BCUT2D eigenvalue weighted by Crippen LogP contribution is -2.30. The molecule has 1 heterocycles. The highest BCUT2D eigenvalue weighted by Crippen LogP contribution is 2.31. The van der Waals surface area contributed by atoms with Crippen LogP contribution in [-0.4, -0.2) is 35.1 Å². The van der Waals surface area contributed by atoms with Gasteiger partial charge in [-0.25, -0.2) is 13.8 Å². The fraction of sp³-hybridized carbons (Fsp3) is 0.269. The number of Topliss-reactive ketones (excluding diaryl/α,β-unsaturated/α-hetero) is 1. The highest BCUT2D eigenvalue weighted by atomic mass is 19.1. The number of ketones is 1. The second-order valence-electron chi connectivity index (χ2n) is 7.90. The predicted octanol–water partition coefficient (Wildman–Crippen LogP) is 5.03. The summed E-state index contributed by atoms with van der Waals surface area (Å²) in [7, 11) is 1.34. The van der Waals surface area contributed by atoms with E-state index in [1.807, 2.05) is 0 Å². The van der Waals surface area contributed by atoms with Gasteiger partial charge in [-0.3, -0.25) is 9.59 Å². The maximum absolute atomic E-state index is 14.6. The summed E-state index contributed by atoms with van der Waals surface area (Å²) in [5, 5.41) is 10.1. The third-order valence-electron chi connectivity index (χ3n) is 5.27. The van der Waals surface area contributed by atoms with Crippen molar-refractivity contribution in [3.8, 4) is 17.2 Å². The molecule has 35 heavy (non-hydrogen) atoms. The Morgan fingerprint density at radius 3 is 2.43 bits per heavy atom. The Balaban J connectivity index is 1.75. The van der Waals surface area contributed by atoms with Gasteiger partial charge in [-0.15, -0.1) is 0 Å². The van der Waals surface area contributed by atoms with Gasteiger partial charge in [-0.2, -0.15) is 0 Å². The van der Waals surface area contributed by atoms with Crippen molar-refractivity contribution in [1.82, 2.24) is 4.98 Å². The molecule has 2 aromatic carbocycles. The normalized spacial score (nSPS) is 13.4. The topological polar surface area (TPSA) is 95.0 Å². The van der Waals surface area contributed by atoms with Gasteiger partial charge in [0.1, 0.15) is 23.5 Å². The van der Waals surface area contributed by atoms with E-state index in [4.69, 9.17) is 14.2 Å². The molecule has 3 aromatic rings. The zero-order valence-corrected chi connectivity index (χ0v) is 19.4. The second kappa shape index (κ2) is 11.4. The van der Waals surface area contributed by atoms with Gasteiger partial charge in [0.2, 0.25) is 0 Å². The van der Waals surface area contributed by atoms with Crippen molar-refractivity contribution in [2.24, 2.45) is 5.92 Å². The molecule has 184 valence electrons. The summed E-state index contributed by atoms with van der Waals surface area (Å²) >= 11 is 0. The Hall–Kier alpha value is -4.01. The number of benzene rings is 2. The smallest absolute Gasteiger partial charge is 0.309 e. The zero-order valence-electron chi connectivity index (χ0n) is 19.4. The number of pyridine rings is 1. The molecule has 0 radical (unpaired) electrons. The molecule has 0 aliphatic carbocycles. The Morgan fingerprint density at radius 2 is 1.77 bits per heavy atom. The van der Waals surface area contributed by atoms with Crippen molar-refractivity contribution >= 4 is 11.8 Å². The van der Waals surface area contributed by atoms with Crippen LogP contribution < -0.4 is 9.47 Å². The average Bonchev–Trinajstić information content (AvgIpc) is 2.83. The number of rotatable bonds is 10. The third-order valence-corrected chi connectivity index (χ3v) is 5.27. The molecular weight excluding hydrogens is 460 g/mol. The van der Waals surface area contributed by atoms with Gasteiger partial charge in [0, 0.05) is 30.3 Å². The van der Waals surface area contributed by atoms with Crippen LogP contribution in [0.25, 0.3) is 0 Å². The first-order valence-corrected chi connectivity index (χ1v) is 10.8. The van der Waals surface area contributed by atoms with Crippen molar-refractivity contribution in [2.45, 2.75) is 32.5 Å². The van der Waals surface area contributed by atoms with E-state index in [1.165, 1.54) is 39.3 Å². The van der Waals surface area contributed by atoms with Gasteiger partial charge in [0.25, 0.3) is 0 Å². The van der Waals surface area contributed by atoms with Crippen LogP contribution >= 0.6 is 0 Å². The molecule has 1 aromatic heterocycles. The zero-order chi connectivity index (χ0) is 25.5. The highest BCUT2D eigenvalue weighted by Gasteiger charge is 2.30. The number of carbonyl (C=O) groups is 2. The van der Waals surface area contributed by atoms with E-state index < -0.39 is 47.3 Å². The Bertz CT molecular complexity index is 1190. The number of para-hydroxylation sites is 1. The molecule has 0 aliphatic rings. The third kappa shape index (κ3) is 6.32. The molecule has 0 saturated carbocycles. The number of esters is 1. The van der Waals surface area contributed by atoms with Crippen LogP contribution in [0.15, 0.2) is 60.8 Å². The maximum Gasteiger partial charge on any atom is 0.309 e. The Labute approximate surface area is 201 Å². The largest absolute Gasteiger partial charge is 0.503 e. The van der Waals surface area contributed by atoms with Crippen molar-refractivity contribution in [1.29, 1.82) is 0 Å². The summed E-state index contributed by atoms with van der Waals surface area (Å²) in [6, 6.07) is 13.0. The molecule has 0 saturated heterocycles. The molecule has 3 atom stereocenters. The summed E-state index contributed by atoms with van der Waals surface area (Å²) in [6.45, 7) is 2.99. The number of aromatic nitrogens is 1. The SMILES string of the molecule is COc1ccnc(C(=O)C[C@@H](C)C(=O)O[C@@H](C)[C@H](Oc2ccccc2)c2ccc(F)cc2F)c1O. The van der Waals surface area contributed by atoms with Gasteiger partial charge in [-0.05, 0) is 31.2 Å². The number of halogens is 2. The van der Waals surface area contributed by atoms with Crippen LogP contribution in [0, 0.1) is 17.6 Å². The van der Waals surface area contributed by atoms with Gasteiger partial charge in [0.15, 0.2) is 29.1 Å². The molecule has 0 spiro atoms. The summed E-state index contributed by atoms with van der Waals surface area (Å²) < 4.78 is 44.4. The van der Waals surface area contributed by atoms with E-state index >= 15 is 0 Å². The molecule has 0 amide bonds.